The van der Waals surface area contributed by atoms with Gasteiger partial charge in [0.1, 0.15) is 12.4 Å². The lowest BCUT2D eigenvalue weighted by Gasteiger charge is -2.25. The summed E-state index contributed by atoms with van der Waals surface area (Å²) in [6, 6.07) is 17.9. The van der Waals surface area contributed by atoms with Crippen molar-refractivity contribution in [1.29, 1.82) is 0 Å². The number of rotatable bonds is 4. The SMILES string of the molecule is Cc1ccc(NC(=O)CN(C2=NCCCCC2)c2ccccc2)cc1. The number of aryl methyl sites for hydroxylation is 1. The number of benzene rings is 2. The molecule has 1 heterocycles. The number of carbonyl (C=O) groups is 1. The van der Waals surface area contributed by atoms with Gasteiger partial charge in [-0.2, -0.15) is 0 Å². The van der Waals surface area contributed by atoms with E-state index in [-0.39, 0.29) is 12.5 Å². The molecule has 1 aliphatic heterocycles. The van der Waals surface area contributed by atoms with Crippen LogP contribution in [0, 0.1) is 6.92 Å². The van der Waals surface area contributed by atoms with Crippen LogP contribution in [0.15, 0.2) is 59.6 Å². The monoisotopic (exact) mass is 335 g/mol. The Morgan fingerprint density at radius 2 is 1.80 bits per heavy atom. The van der Waals surface area contributed by atoms with Crippen molar-refractivity contribution in [1.82, 2.24) is 0 Å². The molecule has 0 bridgehead atoms. The number of aliphatic imine (C=N–C) groups is 1. The van der Waals surface area contributed by atoms with E-state index in [1.54, 1.807) is 0 Å². The van der Waals surface area contributed by atoms with Crippen molar-refractivity contribution in [3.8, 4) is 0 Å². The van der Waals surface area contributed by atoms with Crippen LogP contribution in [-0.4, -0.2) is 24.8 Å². The standard InChI is InChI=1S/C21H25N3O/c1-17-11-13-18(14-12-17)23-21(25)16-24(19-8-4-2-5-9-19)20-10-6-3-7-15-22-20/h2,4-5,8-9,11-14H,3,6-7,10,15-16H2,1H3,(H,23,25). The Balaban J connectivity index is 1.76. The third kappa shape index (κ3) is 4.92. The molecule has 0 aromatic heterocycles. The maximum absolute atomic E-state index is 12.6. The van der Waals surface area contributed by atoms with Crippen LogP contribution in [-0.2, 0) is 4.79 Å². The van der Waals surface area contributed by atoms with E-state index in [0.717, 1.165) is 43.0 Å². The van der Waals surface area contributed by atoms with Gasteiger partial charge >= 0.3 is 0 Å². The number of hydrogen-bond donors (Lipinski definition) is 1. The van der Waals surface area contributed by atoms with E-state index in [1.807, 2.05) is 61.5 Å². The molecular formula is C21H25N3O. The van der Waals surface area contributed by atoms with Gasteiger partial charge in [0.15, 0.2) is 0 Å². The summed E-state index contributed by atoms with van der Waals surface area (Å²) < 4.78 is 0. The number of amidine groups is 1. The van der Waals surface area contributed by atoms with Gasteiger partial charge in [0.2, 0.25) is 5.91 Å². The smallest absolute Gasteiger partial charge is 0.244 e. The Morgan fingerprint density at radius 1 is 1.04 bits per heavy atom. The van der Waals surface area contributed by atoms with Crippen LogP contribution >= 0.6 is 0 Å². The lowest BCUT2D eigenvalue weighted by molar-refractivity contribution is -0.114. The van der Waals surface area contributed by atoms with Crippen LogP contribution in [0.5, 0.6) is 0 Å². The molecule has 0 fully saturated rings. The molecule has 3 rings (SSSR count). The molecule has 1 amide bonds. The second-order valence-corrected chi connectivity index (χ2v) is 6.44. The molecule has 4 heteroatoms. The van der Waals surface area contributed by atoms with Crippen LogP contribution in [0.2, 0.25) is 0 Å². The van der Waals surface area contributed by atoms with Crippen molar-refractivity contribution in [2.24, 2.45) is 4.99 Å². The van der Waals surface area contributed by atoms with Gasteiger partial charge in [-0.25, -0.2) is 0 Å². The van der Waals surface area contributed by atoms with Gasteiger partial charge in [0, 0.05) is 24.3 Å². The van der Waals surface area contributed by atoms with E-state index in [2.05, 4.69) is 10.2 Å². The molecule has 2 aromatic rings. The van der Waals surface area contributed by atoms with E-state index in [9.17, 15) is 4.79 Å². The van der Waals surface area contributed by atoms with E-state index in [1.165, 1.54) is 12.0 Å². The van der Waals surface area contributed by atoms with Gasteiger partial charge in [0.05, 0.1) is 0 Å². The molecule has 0 unspecified atom stereocenters. The number of nitrogens with one attached hydrogen (secondary N) is 1. The molecule has 0 radical (unpaired) electrons. The zero-order chi connectivity index (χ0) is 17.5. The maximum atomic E-state index is 12.6. The molecule has 0 saturated heterocycles. The summed E-state index contributed by atoms with van der Waals surface area (Å²) in [6.45, 7) is 3.15. The summed E-state index contributed by atoms with van der Waals surface area (Å²) >= 11 is 0. The van der Waals surface area contributed by atoms with Gasteiger partial charge < -0.3 is 10.2 Å². The summed E-state index contributed by atoms with van der Waals surface area (Å²) in [5.74, 6) is 0.988. The van der Waals surface area contributed by atoms with Gasteiger partial charge in [-0.1, -0.05) is 42.3 Å². The van der Waals surface area contributed by atoms with Crippen molar-refractivity contribution in [3.05, 3.63) is 60.2 Å². The highest BCUT2D eigenvalue weighted by atomic mass is 16.2. The second kappa shape index (κ2) is 8.47. The van der Waals surface area contributed by atoms with E-state index >= 15 is 0 Å². The van der Waals surface area contributed by atoms with Crippen LogP contribution < -0.4 is 10.2 Å². The van der Waals surface area contributed by atoms with E-state index in [0.29, 0.717) is 0 Å². The highest BCUT2D eigenvalue weighted by Gasteiger charge is 2.18. The normalized spacial score (nSPS) is 14.4. The van der Waals surface area contributed by atoms with Crippen molar-refractivity contribution < 1.29 is 4.79 Å². The highest BCUT2D eigenvalue weighted by Crippen LogP contribution is 2.19. The summed E-state index contributed by atoms with van der Waals surface area (Å²) in [4.78, 5) is 19.4. The fourth-order valence-electron chi connectivity index (χ4n) is 3.00. The molecule has 25 heavy (non-hydrogen) atoms. The molecule has 0 spiro atoms. The van der Waals surface area contributed by atoms with E-state index in [4.69, 9.17) is 4.99 Å². The number of anilines is 2. The lowest BCUT2D eigenvalue weighted by atomic mass is 10.2. The lowest BCUT2D eigenvalue weighted by Crippen LogP contribution is -2.38. The number of hydrogen-bond acceptors (Lipinski definition) is 3. The minimum absolute atomic E-state index is 0.0281. The number of para-hydroxylation sites is 1. The predicted molar refractivity (Wildman–Crippen MR) is 104 cm³/mol. The molecule has 4 nitrogen and oxygen atoms in total. The Kier molecular flexibility index (Phi) is 5.83. The Labute approximate surface area is 149 Å². The highest BCUT2D eigenvalue weighted by molar-refractivity contribution is 6.04. The zero-order valence-electron chi connectivity index (χ0n) is 14.7. The predicted octanol–water partition coefficient (Wildman–Crippen LogP) is 4.41. The van der Waals surface area contributed by atoms with Gasteiger partial charge in [-0.3, -0.25) is 9.79 Å². The molecule has 2 aromatic carbocycles. The molecule has 0 saturated carbocycles. The largest absolute Gasteiger partial charge is 0.325 e. The summed E-state index contributed by atoms with van der Waals surface area (Å²) in [6.07, 6.45) is 4.38. The average Bonchev–Trinajstić information content (AvgIpc) is 2.92. The second-order valence-electron chi connectivity index (χ2n) is 6.44. The first-order chi connectivity index (χ1) is 12.2. The summed E-state index contributed by atoms with van der Waals surface area (Å²) in [5.41, 5.74) is 3.02. The topological polar surface area (TPSA) is 44.7 Å². The fraction of sp³-hybridized carbons (Fsp3) is 0.333. The average molecular weight is 335 g/mol. The van der Waals surface area contributed by atoms with Crippen molar-refractivity contribution in [2.75, 3.05) is 23.3 Å². The minimum Gasteiger partial charge on any atom is -0.325 e. The first-order valence-electron chi connectivity index (χ1n) is 8.95. The first kappa shape index (κ1) is 17.2. The van der Waals surface area contributed by atoms with Gasteiger partial charge in [-0.15, -0.1) is 0 Å². The van der Waals surface area contributed by atoms with Crippen molar-refractivity contribution >= 4 is 23.1 Å². The minimum atomic E-state index is -0.0281. The molecule has 1 aliphatic rings. The van der Waals surface area contributed by atoms with Gasteiger partial charge in [0.25, 0.3) is 0 Å². The van der Waals surface area contributed by atoms with Crippen LogP contribution in [0.4, 0.5) is 11.4 Å². The van der Waals surface area contributed by atoms with Crippen LogP contribution in [0.1, 0.15) is 31.2 Å². The van der Waals surface area contributed by atoms with Crippen LogP contribution in [0.3, 0.4) is 0 Å². The summed E-state index contributed by atoms with van der Waals surface area (Å²) in [7, 11) is 0. The number of carbonyl (C=O) groups excluding carboxylic acids is 1. The Morgan fingerprint density at radius 3 is 2.56 bits per heavy atom. The van der Waals surface area contributed by atoms with E-state index < -0.39 is 0 Å². The number of amides is 1. The molecule has 1 N–H and O–H groups in total. The quantitative estimate of drug-likeness (QED) is 0.899. The zero-order valence-corrected chi connectivity index (χ0v) is 14.7. The number of nitrogens with zero attached hydrogens (tertiary/aromatic N) is 2. The first-order valence-corrected chi connectivity index (χ1v) is 8.95. The third-order valence-electron chi connectivity index (χ3n) is 4.37. The Bertz CT molecular complexity index is 723. The fourth-order valence-corrected chi connectivity index (χ4v) is 3.00. The van der Waals surface area contributed by atoms with Crippen molar-refractivity contribution in [2.45, 2.75) is 32.6 Å². The van der Waals surface area contributed by atoms with Crippen molar-refractivity contribution in [3.63, 3.8) is 0 Å². The summed E-state index contributed by atoms with van der Waals surface area (Å²) in [5, 5.41) is 2.99. The van der Waals surface area contributed by atoms with Gasteiger partial charge in [-0.05, 0) is 44.0 Å². The maximum Gasteiger partial charge on any atom is 0.244 e. The van der Waals surface area contributed by atoms with Crippen LogP contribution in [0.25, 0.3) is 0 Å². The third-order valence-corrected chi connectivity index (χ3v) is 4.37. The Hall–Kier alpha value is -2.62. The molecule has 0 aliphatic carbocycles. The molecular weight excluding hydrogens is 310 g/mol. The molecule has 0 atom stereocenters. The molecule has 130 valence electrons.